The molecule has 3 heteroatoms. The number of H-pyrrole nitrogens is 1. The Labute approximate surface area is 45.7 Å². The summed E-state index contributed by atoms with van der Waals surface area (Å²) in [6, 6.07) is 0. The Morgan fingerprint density at radius 3 is 2.83 bits per heavy atom. The zero-order valence-corrected chi connectivity index (χ0v) is 6.28. The molecule has 0 amide bonds. The van der Waals surface area contributed by atoms with Gasteiger partial charge in [0.1, 0.15) is 0 Å². The van der Waals surface area contributed by atoms with E-state index < -0.39 is 0 Å². The second-order valence-corrected chi connectivity index (χ2v) is 2.44. The Kier molecular flexibility index (Phi) is 1.02. The number of hydrogen-bond donors (Lipinski definition) is 1. The first-order valence-corrected chi connectivity index (χ1v) is 3.19. The zero-order valence-electron chi connectivity index (χ0n) is 3.31. The minimum absolute atomic E-state index is 1.09. The maximum atomic E-state index is 3.92. The Morgan fingerprint density at radius 1 is 1.83 bits per heavy atom. The van der Waals surface area contributed by atoms with Crippen LogP contribution in [0.25, 0.3) is 0 Å². The summed E-state index contributed by atoms with van der Waals surface area (Å²) in [6.45, 7) is 0. The molecule has 0 aromatic carbocycles. The second kappa shape index (κ2) is 1.52. The number of rotatable bonds is 0. The standard InChI is InChI=1S/C3H3N2.Zn/c1-2-5-3-4-1;/h1-2H,(H,4,5);. The molecule has 1 N–H and O–H groups in total. The monoisotopic (exact) mass is 131 g/mol. The first-order chi connectivity index (χ1) is 2.89. The van der Waals surface area contributed by atoms with Gasteiger partial charge in [0.05, 0.1) is 0 Å². The van der Waals surface area contributed by atoms with Gasteiger partial charge in [-0.25, -0.2) is 0 Å². The van der Waals surface area contributed by atoms with Gasteiger partial charge in [-0.15, -0.1) is 0 Å². The van der Waals surface area contributed by atoms with E-state index in [2.05, 4.69) is 9.97 Å². The number of hydrogen-bond acceptors (Lipinski definition) is 1. The predicted octanol–water partition coefficient (Wildman–Crippen LogP) is -0.418. The molecule has 0 aliphatic rings. The fraction of sp³-hybridized carbons (Fsp3) is 0. The van der Waals surface area contributed by atoms with Gasteiger partial charge < -0.3 is 0 Å². The number of aromatic nitrogens is 2. The van der Waals surface area contributed by atoms with Crippen LogP contribution < -0.4 is 4.42 Å². The average molecular weight is 132 g/mol. The van der Waals surface area contributed by atoms with Crippen LogP contribution in [0, 0.1) is 0 Å². The molecule has 0 aliphatic heterocycles. The molecule has 0 saturated heterocycles. The van der Waals surface area contributed by atoms with Crippen molar-refractivity contribution >= 4 is 4.42 Å². The fourth-order valence-electron chi connectivity index (χ4n) is 0.298. The van der Waals surface area contributed by atoms with E-state index in [1.54, 1.807) is 6.20 Å². The van der Waals surface area contributed by atoms with E-state index in [1.165, 1.54) is 0 Å². The van der Waals surface area contributed by atoms with Gasteiger partial charge in [-0.3, -0.25) is 0 Å². The van der Waals surface area contributed by atoms with Crippen LogP contribution in [0.2, 0.25) is 0 Å². The van der Waals surface area contributed by atoms with E-state index in [1.807, 2.05) is 6.20 Å². The molecule has 2 nitrogen and oxygen atoms in total. The Morgan fingerprint density at radius 2 is 2.67 bits per heavy atom. The molecular formula is C3H3N2Zn. The summed E-state index contributed by atoms with van der Waals surface area (Å²) in [4.78, 5) is 6.86. The van der Waals surface area contributed by atoms with Crippen molar-refractivity contribution in [2.75, 3.05) is 0 Å². The molecule has 0 radical (unpaired) electrons. The van der Waals surface area contributed by atoms with Gasteiger partial charge in [0.25, 0.3) is 0 Å². The number of nitrogens with one attached hydrogen (secondary N) is 1. The van der Waals surface area contributed by atoms with E-state index in [0.717, 1.165) is 22.7 Å². The molecule has 1 aromatic heterocycles. The second-order valence-electron chi connectivity index (χ2n) is 1.04. The Bertz CT molecular complexity index is 112. The quantitative estimate of drug-likeness (QED) is 0.478. The van der Waals surface area contributed by atoms with Crippen LogP contribution in [0.1, 0.15) is 0 Å². The summed E-state index contributed by atoms with van der Waals surface area (Å²) in [5.41, 5.74) is 0. The first kappa shape index (κ1) is 4.00. The minimum atomic E-state index is 1.09. The van der Waals surface area contributed by atoms with Gasteiger partial charge in [-0.05, 0) is 0 Å². The van der Waals surface area contributed by atoms with Crippen LogP contribution >= 0.6 is 0 Å². The molecule has 1 aromatic rings. The summed E-state index contributed by atoms with van der Waals surface area (Å²) < 4.78 is 1.09. The van der Waals surface area contributed by atoms with Gasteiger partial charge in [-0.1, -0.05) is 0 Å². The normalized spacial score (nSPS) is 9.00. The molecule has 1 rings (SSSR count). The van der Waals surface area contributed by atoms with Gasteiger partial charge in [0, 0.05) is 0 Å². The zero-order chi connectivity index (χ0) is 4.41. The summed E-state index contributed by atoms with van der Waals surface area (Å²) in [6.07, 6.45) is 3.59. The van der Waals surface area contributed by atoms with E-state index in [9.17, 15) is 0 Å². The van der Waals surface area contributed by atoms with E-state index in [0.29, 0.717) is 0 Å². The van der Waals surface area contributed by atoms with E-state index in [4.69, 9.17) is 0 Å². The van der Waals surface area contributed by atoms with E-state index in [-0.39, 0.29) is 0 Å². The maximum absolute atomic E-state index is 3.92. The van der Waals surface area contributed by atoms with Crippen molar-refractivity contribution in [2.45, 2.75) is 0 Å². The van der Waals surface area contributed by atoms with Crippen LogP contribution in [0.4, 0.5) is 0 Å². The molecule has 0 fully saturated rings. The van der Waals surface area contributed by atoms with Crippen molar-refractivity contribution < 1.29 is 18.3 Å². The summed E-state index contributed by atoms with van der Waals surface area (Å²) in [5, 5.41) is 0. The van der Waals surface area contributed by atoms with Crippen molar-refractivity contribution in [3.63, 3.8) is 0 Å². The molecule has 27 valence electrons. The van der Waals surface area contributed by atoms with Gasteiger partial charge >= 0.3 is 45.1 Å². The van der Waals surface area contributed by atoms with Gasteiger partial charge in [0.15, 0.2) is 0 Å². The number of nitrogens with zero attached hydrogens (tertiary/aromatic N) is 1. The van der Waals surface area contributed by atoms with E-state index >= 15 is 0 Å². The van der Waals surface area contributed by atoms with Crippen molar-refractivity contribution in [3.05, 3.63) is 12.4 Å². The summed E-state index contributed by atoms with van der Waals surface area (Å²) >= 11 is 1.12. The molecule has 0 unspecified atom stereocenters. The average Bonchev–Trinajstić information content (AvgIpc) is 1.86. The molecule has 0 atom stereocenters. The molecule has 1 heterocycles. The third-order valence-electron chi connectivity index (χ3n) is 0.555. The van der Waals surface area contributed by atoms with Crippen LogP contribution in [-0.4, -0.2) is 9.97 Å². The Hall–Kier alpha value is -0.167. The first-order valence-electron chi connectivity index (χ1n) is 1.71. The molecule has 0 saturated carbocycles. The van der Waals surface area contributed by atoms with Gasteiger partial charge in [0.2, 0.25) is 0 Å². The Balaban J connectivity index is 3.05. The molecule has 0 bridgehead atoms. The summed E-state index contributed by atoms with van der Waals surface area (Å²) in [5.74, 6) is 0. The van der Waals surface area contributed by atoms with Gasteiger partial charge in [-0.2, -0.15) is 0 Å². The van der Waals surface area contributed by atoms with Crippen molar-refractivity contribution in [3.8, 4) is 0 Å². The van der Waals surface area contributed by atoms with Crippen molar-refractivity contribution in [1.29, 1.82) is 0 Å². The predicted molar refractivity (Wildman–Crippen MR) is 18.2 cm³/mol. The molecule has 0 spiro atoms. The van der Waals surface area contributed by atoms with Crippen LogP contribution in [0.3, 0.4) is 0 Å². The number of aromatic amines is 1. The number of imidazole rings is 1. The SMILES string of the molecule is [Zn][c]1ncc[nH]1. The van der Waals surface area contributed by atoms with Crippen molar-refractivity contribution in [1.82, 2.24) is 9.97 Å². The molecular weight excluding hydrogens is 129 g/mol. The van der Waals surface area contributed by atoms with Crippen LogP contribution in [-0.2, 0) is 18.3 Å². The third kappa shape index (κ3) is 0.659. The molecule has 6 heavy (non-hydrogen) atoms. The van der Waals surface area contributed by atoms with Crippen molar-refractivity contribution in [2.24, 2.45) is 0 Å². The van der Waals surface area contributed by atoms with Crippen LogP contribution in [0.5, 0.6) is 0 Å². The third-order valence-corrected chi connectivity index (χ3v) is 1.37. The summed E-state index contributed by atoms with van der Waals surface area (Å²) in [7, 11) is 0. The molecule has 0 aliphatic carbocycles. The topological polar surface area (TPSA) is 28.7 Å². The van der Waals surface area contributed by atoms with Crippen LogP contribution in [0.15, 0.2) is 12.4 Å². The fourth-order valence-corrected chi connectivity index (χ4v) is 0.766.